The monoisotopic (exact) mass is 282 g/mol. The highest BCUT2D eigenvalue weighted by Gasteiger charge is 2.12. The van der Waals surface area contributed by atoms with Crippen LogP contribution in [0.1, 0.15) is 15.9 Å². The van der Waals surface area contributed by atoms with E-state index in [0.717, 1.165) is 11.3 Å². The molecule has 1 aromatic carbocycles. The number of benzene rings is 1. The predicted molar refractivity (Wildman–Crippen MR) is 79.0 cm³/mol. The number of hydrogen-bond donors (Lipinski definition) is 2. The maximum Gasteiger partial charge on any atom is 0.257 e. The molecule has 2 heterocycles. The minimum Gasteiger partial charge on any atom is -0.380 e. The molecule has 2 N–H and O–H groups in total. The molecule has 0 spiro atoms. The molecule has 6 heteroatoms. The van der Waals surface area contributed by atoms with Crippen LogP contribution in [-0.2, 0) is 11.3 Å². The van der Waals surface area contributed by atoms with Crippen LogP contribution in [0.15, 0.2) is 43.0 Å². The van der Waals surface area contributed by atoms with Gasteiger partial charge in [-0.1, -0.05) is 12.1 Å². The minimum atomic E-state index is -0.199. The summed E-state index contributed by atoms with van der Waals surface area (Å²) >= 11 is 0. The van der Waals surface area contributed by atoms with Crippen LogP contribution in [0.2, 0.25) is 0 Å². The highest BCUT2D eigenvalue weighted by Crippen LogP contribution is 2.17. The van der Waals surface area contributed by atoms with Gasteiger partial charge < -0.3 is 15.0 Å². The minimum absolute atomic E-state index is 0.199. The van der Waals surface area contributed by atoms with E-state index in [2.05, 4.69) is 20.3 Å². The molecule has 0 saturated heterocycles. The number of fused-ring (bicyclic) bond motifs is 1. The summed E-state index contributed by atoms with van der Waals surface area (Å²) in [4.78, 5) is 23.2. The first-order valence-electron chi connectivity index (χ1n) is 6.44. The normalized spacial score (nSPS) is 10.7. The fourth-order valence-corrected chi connectivity index (χ4v) is 2.10. The van der Waals surface area contributed by atoms with Crippen LogP contribution in [-0.4, -0.2) is 28.0 Å². The van der Waals surface area contributed by atoms with Crippen LogP contribution >= 0.6 is 0 Å². The number of ether oxygens (including phenoxy) is 1. The van der Waals surface area contributed by atoms with Gasteiger partial charge in [0.15, 0.2) is 0 Å². The van der Waals surface area contributed by atoms with Gasteiger partial charge >= 0.3 is 0 Å². The molecule has 106 valence electrons. The Labute approximate surface area is 121 Å². The number of amides is 1. The van der Waals surface area contributed by atoms with Crippen molar-refractivity contribution >= 4 is 22.6 Å². The van der Waals surface area contributed by atoms with Gasteiger partial charge in [0.25, 0.3) is 5.91 Å². The standard InChI is InChI=1S/C15H14N4O2/c1-21-8-10-2-4-11(5-3-10)19-15(20)13-7-17-14-12(13)6-16-9-18-14/h2-7,9H,8H2,1H3,(H,19,20)(H,16,17,18). The van der Waals surface area contributed by atoms with Crippen LogP contribution in [0.25, 0.3) is 11.0 Å². The molecule has 0 bridgehead atoms. The summed E-state index contributed by atoms with van der Waals surface area (Å²) in [5.41, 5.74) is 2.94. The van der Waals surface area contributed by atoms with E-state index in [-0.39, 0.29) is 5.91 Å². The van der Waals surface area contributed by atoms with E-state index in [1.807, 2.05) is 24.3 Å². The quantitative estimate of drug-likeness (QED) is 0.769. The molecule has 0 aliphatic rings. The van der Waals surface area contributed by atoms with Gasteiger partial charge in [-0.2, -0.15) is 0 Å². The Hall–Kier alpha value is -2.73. The number of anilines is 1. The number of rotatable bonds is 4. The van der Waals surface area contributed by atoms with Gasteiger partial charge in [0.1, 0.15) is 12.0 Å². The maximum atomic E-state index is 12.3. The number of aromatic nitrogens is 3. The van der Waals surface area contributed by atoms with E-state index >= 15 is 0 Å². The van der Waals surface area contributed by atoms with E-state index in [9.17, 15) is 4.79 Å². The second-order valence-electron chi connectivity index (χ2n) is 4.57. The summed E-state index contributed by atoms with van der Waals surface area (Å²) in [6.07, 6.45) is 4.69. The molecule has 0 aliphatic heterocycles. The van der Waals surface area contributed by atoms with Crippen LogP contribution in [0.5, 0.6) is 0 Å². The lowest BCUT2D eigenvalue weighted by Gasteiger charge is -2.05. The van der Waals surface area contributed by atoms with Gasteiger partial charge in [-0.15, -0.1) is 0 Å². The second kappa shape index (κ2) is 5.72. The van der Waals surface area contributed by atoms with Gasteiger partial charge in [-0.25, -0.2) is 9.97 Å². The first-order valence-corrected chi connectivity index (χ1v) is 6.44. The second-order valence-corrected chi connectivity index (χ2v) is 4.57. The SMILES string of the molecule is COCc1ccc(NC(=O)c2c[nH]c3ncncc23)cc1. The third kappa shape index (κ3) is 2.75. The molecule has 0 radical (unpaired) electrons. The number of hydrogen-bond acceptors (Lipinski definition) is 4. The fourth-order valence-electron chi connectivity index (χ4n) is 2.10. The lowest BCUT2D eigenvalue weighted by Crippen LogP contribution is -2.11. The summed E-state index contributed by atoms with van der Waals surface area (Å²) in [6.45, 7) is 0.550. The number of H-pyrrole nitrogens is 1. The van der Waals surface area contributed by atoms with Crippen molar-refractivity contribution in [2.24, 2.45) is 0 Å². The molecule has 0 atom stereocenters. The lowest BCUT2D eigenvalue weighted by atomic mass is 10.2. The van der Waals surface area contributed by atoms with Crippen molar-refractivity contribution in [2.75, 3.05) is 12.4 Å². The molecular formula is C15H14N4O2. The van der Waals surface area contributed by atoms with Gasteiger partial charge in [0.05, 0.1) is 12.2 Å². The number of aromatic amines is 1. The molecule has 2 aromatic heterocycles. The van der Waals surface area contributed by atoms with E-state index in [1.165, 1.54) is 6.33 Å². The molecule has 1 amide bonds. The number of carbonyl (C=O) groups is 1. The van der Waals surface area contributed by atoms with Crippen molar-refractivity contribution in [3.8, 4) is 0 Å². The fraction of sp³-hybridized carbons (Fsp3) is 0.133. The van der Waals surface area contributed by atoms with Crippen molar-refractivity contribution in [3.63, 3.8) is 0 Å². The van der Waals surface area contributed by atoms with Gasteiger partial charge in [-0.3, -0.25) is 4.79 Å². The van der Waals surface area contributed by atoms with Crippen LogP contribution in [0.4, 0.5) is 5.69 Å². The Bertz CT molecular complexity index is 765. The van der Waals surface area contributed by atoms with E-state index in [4.69, 9.17) is 4.74 Å². The zero-order valence-electron chi connectivity index (χ0n) is 11.5. The van der Waals surface area contributed by atoms with E-state index < -0.39 is 0 Å². The molecule has 0 aliphatic carbocycles. The average molecular weight is 282 g/mol. The number of carbonyl (C=O) groups excluding carboxylic acids is 1. The molecule has 21 heavy (non-hydrogen) atoms. The van der Waals surface area contributed by atoms with Gasteiger partial charge in [0.2, 0.25) is 0 Å². The summed E-state index contributed by atoms with van der Waals surface area (Å²) in [7, 11) is 1.65. The summed E-state index contributed by atoms with van der Waals surface area (Å²) in [5.74, 6) is -0.199. The Morgan fingerprint density at radius 3 is 2.90 bits per heavy atom. The van der Waals surface area contributed by atoms with Crippen LogP contribution in [0, 0.1) is 0 Å². The maximum absolute atomic E-state index is 12.3. The largest absolute Gasteiger partial charge is 0.380 e. The zero-order valence-corrected chi connectivity index (χ0v) is 11.5. The van der Waals surface area contributed by atoms with E-state index in [1.54, 1.807) is 19.5 Å². The predicted octanol–water partition coefficient (Wildman–Crippen LogP) is 2.36. The summed E-state index contributed by atoms with van der Waals surface area (Å²) in [6, 6.07) is 7.52. The smallest absolute Gasteiger partial charge is 0.257 e. The van der Waals surface area contributed by atoms with Crippen molar-refractivity contribution in [3.05, 3.63) is 54.1 Å². The number of nitrogens with zero attached hydrogens (tertiary/aromatic N) is 2. The molecule has 6 nitrogen and oxygen atoms in total. The summed E-state index contributed by atoms with van der Waals surface area (Å²) in [5, 5.41) is 3.55. The molecule has 3 rings (SSSR count). The third-order valence-corrected chi connectivity index (χ3v) is 3.12. The molecule has 0 fully saturated rings. The van der Waals surface area contributed by atoms with Gasteiger partial charge in [-0.05, 0) is 17.7 Å². The average Bonchev–Trinajstić information content (AvgIpc) is 2.93. The third-order valence-electron chi connectivity index (χ3n) is 3.12. The highest BCUT2D eigenvalue weighted by atomic mass is 16.5. The molecule has 3 aromatic rings. The number of methoxy groups -OCH3 is 1. The highest BCUT2D eigenvalue weighted by molar-refractivity contribution is 6.12. The van der Waals surface area contributed by atoms with E-state index in [0.29, 0.717) is 23.2 Å². The molecular weight excluding hydrogens is 268 g/mol. The Morgan fingerprint density at radius 1 is 1.33 bits per heavy atom. The summed E-state index contributed by atoms with van der Waals surface area (Å²) < 4.78 is 5.05. The van der Waals surface area contributed by atoms with Crippen molar-refractivity contribution < 1.29 is 9.53 Å². The molecule has 0 saturated carbocycles. The Morgan fingerprint density at radius 2 is 2.14 bits per heavy atom. The number of nitrogens with one attached hydrogen (secondary N) is 2. The Balaban J connectivity index is 1.79. The van der Waals surface area contributed by atoms with Crippen molar-refractivity contribution in [1.29, 1.82) is 0 Å². The van der Waals surface area contributed by atoms with Crippen LogP contribution < -0.4 is 5.32 Å². The van der Waals surface area contributed by atoms with Crippen LogP contribution in [0.3, 0.4) is 0 Å². The van der Waals surface area contributed by atoms with Crippen molar-refractivity contribution in [1.82, 2.24) is 15.0 Å². The lowest BCUT2D eigenvalue weighted by molar-refractivity contribution is 0.102. The topological polar surface area (TPSA) is 79.9 Å². The van der Waals surface area contributed by atoms with Gasteiger partial charge in [0, 0.05) is 30.6 Å². The first kappa shape index (κ1) is 13.3. The Kier molecular flexibility index (Phi) is 3.61. The molecule has 0 unspecified atom stereocenters. The van der Waals surface area contributed by atoms with Crippen molar-refractivity contribution in [2.45, 2.75) is 6.61 Å². The first-order chi connectivity index (χ1) is 10.3. The zero-order chi connectivity index (χ0) is 14.7.